The van der Waals surface area contributed by atoms with Crippen LogP contribution in [0.5, 0.6) is 0 Å². The lowest BCUT2D eigenvalue weighted by atomic mass is 10.2. The first-order chi connectivity index (χ1) is 8.65. The largest absolute Gasteiger partial charge is 0.350 e. The third kappa shape index (κ3) is 3.38. The Morgan fingerprint density at radius 1 is 1.56 bits per heavy atom. The molecule has 2 amide bonds. The molecule has 0 aliphatic rings. The van der Waals surface area contributed by atoms with Gasteiger partial charge in [0, 0.05) is 15.4 Å². The summed E-state index contributed by atoms with van der Waals surface area (Å²) in [5.41, 5.74) is 8.70. The number of halogens is 1. The lowest BCUT2D eigenvalue weighted by Crippen LogP contribution is -2.24. The van der Waals surface area contributed by atoms with Crippen LogP contribution >= 0.6 is 27.3 Å². The SMILES string of the molecule is NC(=O)N/N=C\c1csc(-c2cccc(Br)c2)n1. The maximum atomic E-state index is 10.4. The highest BCUT2D eigenvalue weighted by molar-refractivity contribution is 9.10. The van der Waals surface area contributed by atoms with Gasteiger partial charge in [-0.2, -0.15) is 5.10 Å². The first-order valence-electron chi connectivity index (χ1n) is 4.95. The number of benzene rings is 1. The Labute approximate surface area is 116 Å². The summed E-state index contributed by atoms with van der Waals surface area (Å²) in [5.74, 6) is 0. The fourth-order valence-corrected chi connectivity index (χ4v) is 2.43. The van der Waals surface area contributed by atoms with Crippen LogP contribution < -0.4 is 11.2 Å². The van der Waals surface area contributed by atoms with Gasteiger partial charge in [0.2, 0.25) is 0 Å². The van der Waals surface area contributed by atoms with Gasteiger partial charge < -0.3 is 5.73 Å². The first-order valence-corrected chi connectivity index (χ1v) is 6.62. The van der Waals surface area contributed by atoms with Gasteiger partial charge in [-0.05, 0) is 12.1 Å². The molecule has 0 saturated carbocycles. The molecule has 0 aliphatic heterocycles. The van der Waals surface area contributed by atoms with Crippen molar-refractivity contribution in [3.63, 3.8) is 0 Å². The number of hydrazone groups is 1. The number of nitrogens with zero attached hydrogens (tertiary/aromatic N) is 2. The van der Waals surface area contributed by atoms with Crippen LogP contribution in [0.3, 0.4) is 0 Å². The molecule has 0 saturated heterocycles. The Bertz CT molecular complexity index is 596. The number of carbonyl (C=O) groups is 1. The minimum Gasteiger partial charge on any atom is -0.350 e. The lowest BCUT2D eigenvalue weighted by molar-refractivity contribution is 0.249. The van der Waals surface area contributed by atoms with Crippen LogP contribution in [-0.2, 0) is 0 Å². The van der Waals surface area contributed by atoms with Gasteiger partial charge in [0.25, 0.3) is 0 Å². The summed E-state index contributed by atoms with van der Waals surface area (Å²) in [6.07, 6.45) is 1.45. The molecule has 18 heavy (non-hydrogen) atoms. The van der Waals surface area contributed by atoms with Crippen molar-refractivity contribution in [3.05, 3.63) is 39.8 Å². The molecule has 3 N–H and O–H groups in total. The molecule has 1 aromatic carbocycles. The topological polar surface area (TPSA) is 80.4 Å². The smallest absolute Gasteiger partial charge is 0.332 e. The van der Waals surface area contributed by atoms with Crippen LogP contribution in [0.15, 0.2) is 39.2 Å². The van der Waals surface area contributed by atoms with E-state index in [1.165, 1.54) is 17.6 Å². The molecule has 1 heterocycles. The maximum Gasteiger partial charge on any atom is 0.332 e. The van der Waals surface area contributed by atoms with Crippen molar-refractivity contribution < 1.29 is 4.79 Å². The molecule has 0 fully saturated rings. The quantitative estimate of drug-likeness (QED) is 0.672. The highest BCUT2D eigenvalue weighted by Gasteiger charge is 2.03. The van der Waals surface area contributed by atoms with E-state index in [1.54, 1.807) is 0 Å². The van der Waals surface area contributed by atoms with Crippen molar-refractivity contribution in [2.45, 2.75) is 0 Å². The highest BCUT2D eigenvalue weighted by atomic mass is 79.9. The molecule has 0 unspecified atom stereocenters. The number of urea groups is 1. The van der Waals surface area contributed by atoms with Gasteiger partial charge in [-0.15, -0.1) is 11.3 Å². The number of hydrogen-bond donors (Lipinski definition) is 2. The van der Waals surface area contributed by atoms with Crippen LogP contribution in [0, 0.1) is 0 Å². The van der Waals surface area contributed by atoms with E-state index in [9.17, 15) is 4.79 Å². The number of nitrogens with two attached hydrogens (primary N) is 1. The minimum absolute atomic E-state index is 0.670. The Kier molecular flexibility index (Phi) is 4.06. The number of thiazole rings is 1. The van der Waals surface area contributed by atoms with E-state index >= 15 is 0 Å². The lowest BCUT2D eigenvalue weighted by Gasteiger charge is -1.95. The van der Waals surface area contributed by atoms with Gasteiger partial charge in [-0.1, -0.05) is 28.1 Å². The van der Waals surface area contributed by atoms with Crippen LogP contribution in [0.2, 0.25) is 0 Å². The van der Waals surface area contributed by atoms with Crippen LogP contribution in [0.4, 0.5) is 4.79 Å². The van der Waals surface area contributed by atoms with Crippen LogP contribution in [-0.4, -0.2) is 17.2 Å². The molecule has 5 nitrogen and oxygen atoms in total. The van der Waals surface area contributed by atoms with Gasteiger partial charge in [-0.3, -0.25) is 0 Å². The standard InChI is InChI=1S/C11H9BrN4OS/c12-8-3-1-2-7(4-8)10-15-9(6-18-10)5-14-16-11(13)17/h1-6H,(H3,13,16,17)/b14-5-. The molecule has 2 aromatic rings. The molecule has 7 heteroatoms. The van der Waals surface area contributed by atoms with E-state index in [4.69, 9.17) is 5.73 Å². The van der Waals surface area contributed by atoms with Crippen molar-refractivity contribution in [3.8, 4) is 10.6 Å². The second-order valence-corrected chi connectivity index (χ2v) is 5.10. The van der Waals surface area contributed by atoms with Crippen molar-refractivity contribution in [2.75, 3.05) is 0 Å². The van der Waals surface area contributed by atoms with Gasteiger partial charge in [-0.25, -0.2) is 15.2 Å². The predicted octanol–water partition coefficient (Wildman–Crippen LogP) is 2.57. The van der Waals surface area contributed by atoms with Gasteiger partial charge in [0.1, 0.15) is 5.01 Å². The summed E-state index contributed by atoms with van der Waals surface area (Å²) in [7, 11) is 0. The maximum absolute atomic E-state index is 10.4. The van der Waals surface area contributed by atoms with Crippen molar-refractivity contribution in [2.24, 2.45) is 10.8 Å². The Morgan fingerprint density at radius 2 is 2.39 bits per heavy atom. The molecule has 1 aromatic heterocycles. The molecule has 0 aliphatic carbocycles. The summed E-state index contributed by atoms with van der Waals surface area (Å²) in [4.78, 5) is 14.8. The normalized spacial score (nSPS) is 10.7. The number of hydrogen-bond acceptors (Lipinski definition) is 4. The second kappa shape index (κ2) is 5.74. The monoisotopic (exact) mass is 324 g/mol. The molecule has 0 spiro atoms. The fourth-order valence-electron chi connectivity index (χ4n) is 1.26. The number of rotatable bonds is 3. The average molecular weight is 325 g/mol. The summed E-state index contributed by atoms with van der Waals surface area (Å²) in [6, 6.07) is 7.17. The third-order valence-corrected chi connectivity index (χ3v) is 3.37. The van der Waals surface area contributed by atoms with E-state index in [0.717, 1.165) is 15.0 Å². The van der Waals surface area contributed by atoms with Crippen LogP contribution in [0.1, 0.15) is 5.69 Å². The highest BCUT2D eigenvalue weighted by Crippen LogP contribution is 2.25. The van der Waals surface area contributed by atoms with E-state index in [0.29, 0.717) is 5.69 Å². The van der Waals surface area contributed by atoms with E-state index in [1.807, 2.05) is 29.6 Å². The summed E-state index contributed by atoms with van der Waals surface area (Å²) in [5, 5.41) is 6.39. The molecule has 0 radical (unpaired) electrons. The first kappa shape index (κ1) is 12.7. The van der Waals surface area contributed by atoms with Gasteiger partial charge in [0.15, 0.2) is 0 Å². The van der Waals surface area contributed by atoms with E-state index < -0.39 is 6.03 Å². The molecular formula is C11H9BrN4OS. The second-order valence-electron chi connectivity index (χ2n) is 3.32. The predicted molar refractivity (Wildman–Crippen MR) is 75.6 cm³/mol. The number of nitrogens with one attached hydrogen (secondary N) is 1. The zero-order valence-corrected chi connectivity index (χ0v) is 11.5. The Morgan fingerprint density at radius 3 is 3.11 bits per heavy atom. The van der Waals surface area contributed by atoms with Gasteiger partial charge in [0.05, 0.1) is 11.9 Å². The number of aromatic nitrogens is 1. The molecular weight excluding hydrogens is 316 g/mol. The molecule has 92 valence electrons. The summed E-state index contributed by atoms with van der Waals surface area (Å²) in [6.45, 7) is 0. The number of carbonyl (C=O) groups excluding carboxylic acids is 1. The minimum atomic E-state index is -0.700. The number of primary amides is 1. The third-order valence-electron chi connectivity index (χ3n) is 1.97. The van der Waals surface area contributed by atoms with E-state index in [-0.39, 0.29) is 0 Å². The zero-order chi connectivity index (χ0) is 13.0. The van der Waals surface area contributed by atoms with Crippen molar-refractivity contribution in [1.82, 2.24) is 10.4 Å². The molecule has 0 atom stereocenters. The van der Waals surface area contributed by atoms with Gasteiger partial charge >= 0.3 is 6.03 Å². The van der Waals surface area contributed by atoms with Crippen molar-refractivity contribution in [1.29, 1.82) is 0 Å². The van der Waals surface area contributed by atoms with E-state index in [2.05, 4.69) is 31.4 Å². The summed E-state index contributed by atoms with van der Waals surface area (Å²) < 4.78 is 1.00. The molecule has 2 rings (SSSR count). The summed E-state index contributed by atoms with van der Waals surface area (Å²) >= 11 is 4.92. The fraction of sp³-hybridized carbons (Fsp3) is 0. The molecule has 0 bridgehead atoms. The number of amides is 2. The Hall–Kier alpha value is -1.73. The Balaban J connectivity index is 2.15. The average Bonchev–Trinajstić information content (AvgIpc) is 2.77. The van der Waals surface area contributed by atoms with Crippen molar-refractivity contribution >= 4 is 39.5 Å². The zero-order valence-electron chi connectivity index (χ0n) is 9.13. The van der Waals surface area contributed by atoms with Crippen LogP contribution in [0.25, 0.3) is 10.6 Å².